The first kappa shape index (κ1) is 27.9. The molecular formula is C31H39N9O2. The zero-order chi connectivity index (χ0) is 29.1. The van der Waals surface area contributed by atoms with Gasteiger partial charge in [0.1, 0.15) is 23.6 Å². The molecule has 2 fully saturated rings. The summed E-state index contributed by atoms with van der Waals surface area (Å²) in [6.45, 7) is 11.4. The van der Waals surface area contributed by atoms with Crippen LogP contribution in [0.2, 0.25) is 0 Å². The van der Waals surface area contributed by atoms with Crippen LogP contribution in [0.25, 0.3) is 22.3 Å². The monoisotopic (exact) mass is 569 g/mol. The molecule has 1 amide bonds. The maximum absolute atomic E-state index is 12.4. The molecule has 1 aromatic carbocycles. The zero-order valence-electron chi connectivity index (χ0n) is 24.6. The van der Waals surface area contributed by atoms with Crippen molar-refractivity contribution in [3.63, 3.8) is 0 Å². The Morgan fingerprint density at radius 2 is 1.76 bits per heavy atom. The number of piperidine rings is 1. The molecule has 11 nitrogen and oxygen atoms in total. The molecule has 0 radical (unpaired) electrons. The maximum Gasteiger partial charge on any atom is 0.410 e. The molecule has 3 aromatic heterocycles. The quantitative estimate of drug-likeness (QED) is 0.323. The summed E-state index contributed by atoms with van der Waals surface area (Å²) in [6, 6.07) is 12.3. The lowest BCUT2D eigenvalue weighted by Crippen LogP contribution is -2.49. The number of nitrogens with zero attached hydrogens (tertiary/aromatic N) is 7. The number of imidazole rings is 1. The minimum Gasteiger partial charge on any atom is -0.444 e. The van der Waals surface area contributed by atoms with Crippen LogP contribution in [0.5, 0.6) is 0 Å². The Hall–Kier alpha value is -4.25. The Kier molecular flexibility index (Phi) is 7.92. The molecule has 5 heterocycles. The summed E-state index contributed by atoms with van der Waals surface area (Å²) in [6.07, 6.45) is 6.93. The summed E-state index contributed by atoms with van der Waals surface area (Å²) in [7, 11) is 0. The van der Waals surface area contributed by atoms with Crippen LogP contribution in [0, 0.1) is 0 Å². The van der Waals surface area contributed by atoms with Gasteiger partial charge in [-0.1, -0.05) is 6.07 Å². The highest BCUT2D eigenvalue weighted by Gasteiger charge is 2.26. The number of amides is 1. The van der Waals surface area contributed by atoms with Crippen LogP contribution in [0.1, 0.15) is 45.6 Å². The van der Waals surface area contributed by atoms with E-state index in [9.17, 15) is 4.79 Å². The second-order valence-electron chi connectivity index (χ2n) is 12.0. The van der Waals surface area contributed by atoms with Crippen LogP contribution in [-0.2, 0) is 11.3 Å². The number of nitrogens with one attached hydrogen (secondary N) is 2. The summed E-state index contributed by atoms with van der Waals surface area (Å²) in [5, 5.41) is 3.33. The van der Waals surface area contributed by atoms with Crippen molar-refractivity contribution in [1.82, 2.24) is 34.7 Å². The summed E-state index contributed by atoms with van der Waals surface area (Å²) in [5.41, 5.74) is 4.37. The highest BCUT2D eigenvalue weighted by Crippen LogP contribution is 2.27. The standard InChI is InChI=1S/C31H39N9O2/c1-31(2,3)42-30(41)40-15-13-38(14-16-40)20-22-9-10-32-27(17-22)37-29-35-24-8-7-23(18-26(24)36-29)25-19-28(34-21-33-25)39-11-5-4-6-12-39/h7-10,17-19,21H,4-6,11-16,20H2,1-3H3,(H2,32,35,36,37). The van der Waals surface area contributed by atoms with Crippen molar-refractivity contribution in [3.05, 3.63) is 54.5 Å². The molecule has 4 aromatic rings. The van der Waals surface area contributed by atoms with Gasteiger partial charge in [-0.2, -0.15) is 0 Å². The van der Waals surface area contributed by atoms with Gasteiger partial charge in [-0.15, -0.1) is 0 Å². The van der Waals surface area contributed by atoms with Crippen LogP contribution >= 0.6 is 0 Å². The van der Waals surface area contributed by atoms with Crippen molar-refractivity contribution in [3.8, 4) is 11.3 Å². The minimum atomic E-state index is -0.482. The number of pyridine rings is 1. The normalized spacial score (nSPS) is 16.5. The van der Waals surface area contributed by atoms with E-state index in [1.54, 1.807) is 11.2 Å². The van der Waals surface area contributed by atoms with Crippen LogP contribution in [0.4, 0.5) is 22.4 Å². The number of hydrogen-bond acceptors (Lipinski definition) is 9. The average Bonchev–Trinajstić information content (AvgIpc) is 3.39. The lowest BCUT2D eigenvalue weighted by atomic mass is 10.1. The molecule has 220 valence electrons. The maximum atomic E-state index is 12.4. The number of H-pyrrole nitrogens is 1. The van der Waals surface area contributed by atoms with Crippen molar-refractivity contribution in [2.75, 3.05) is 49.5 Å². The first-order valence-corrected chi connectivity index (χ1v) is 14.8. The summed E-state index contributed by atoms with van der Waals surface area (Å²) in [4.78, 5) is 40.5. The van der Waals surface area contributed by atoms with Gasteiger partial charge in [0.05, 0.1) is 16.7 Å². The molecule has 2 saturated heterocycles. The molecular weight excluding hydrogens is 530 g/mol. The SMILES string of the molecule is CC(C)(C)OC(=O)N1CCN(Cc2ccnc(Nc3nc4ccc(-c5cc(N6CCCCC6)ncn5)cc4[nH]3)c2)CC1. The van der Waals surface area contributed by atoms with Gasteiger partial charge < -0.3 is 24.8 Å². The predicted octanol–water partition coefficient (Wildman–Crippen LogP) is 5.20. The van der Waals surface area contributed by atoms with Gasteiger partial charge in [-0.3, -0.25) is 4.90 Å². The van der Waals surface area contributed by atoms with Gasteiger partial charge in [0.2, 0.25) is 5.95 Å². The first-order chi connectivity index (χ1) is 20.3. The predicted molar refractivity (Wildman–Crippen MR) is 164 cm³/mol. The number of carbonyl (C=O) groups is 1. The highest BCUT2D eigenvalue weighted by molar-refractivity contribution is 5.83. The number of ether oxygens (including phenoxy) is 1. The van der Waals surface area contributed by atoms with Crippen molar-refractivity contribution in [2.24, 2.45) is 0 Å². The molecule has 0 saturated carbocycles. The number of aromatic amines is 1. The third-order valence-corrected chi connectivity index (χ3v) is 7.61. The fourth-order valence-corrected chi connectivity index (χ4v) is 5.46. The molecule has 0 bridgehead atoms. The lowest BCUT2D eigenvalue weighted by Gasteiger charge is -2.35. The third kappa shape index (κ3) is 6.79. The van der Waals surface area contributed by atoms with Gasteiger partial charge in [0, 0.05) is 63.6 Å². The third-order valence-electron chi connectivity index (χ3n) is 7.61. The fraction of sp³-hybridized carbons (Fsp3) is 0.452. The largest absolute Gasteiger partial charge is 0.444 e. The van der Waals surface area contributed by atoms with E-state index >= 15 is 0 Å². The van der Waals surface area contributed by atoms with Gasteiger partial charge >= 0.3 is 6.09 Å². The van der Waals surface area contributed by atoms with Gasteiger partial charge in [-0.05, 0) is 69.9 Å². The number of piperazine rings is 1. The van der Waals surface area contributed by atoms with Crippen molar-refractivity contribution < 1.29 is 9.53 Å². The summed E-state index contributed by atoms with van der Waals surface area (Å²) < 4.78 is 5.52. The zero-order valence-corrected chi connectivity index (χ0v) is 24.6. The van der Waals surface area contributed by atoms with Crippen LogP contribution in [0.15, 0.2) is 48.9 Å². The molecule has 0 unspecified atom stereocenters. The number of rotatable bonds is 6. The Bertz CT molecular complexity index is 1530. The van der Waals surface area contributed by atoms with Crippen LogP contribution < -0.4 is 10.2 Å². The van der Waals surface area contributed by atoms with Gasteiger partial charge in [0.25, 0.3) is 0 Å². The van der Waals surface area contributed by atoms with Crippen molar-refractivity contribution in [1.29, 1.82) is 0 Å². The average molecular weight is 570 g/mol. The van der Waals surface area contributed by atoms with E-state index in [0.717, 1.165) is 72.2 Å². The Labute approximate surface area is 246 Å². The van der Waals surface area contributed by atoms with E-state index in [2.05, 4.69) is 53.3 Å². The van der Waals surface area contributed by atoms with Crippen LogP contribution in [0.3, 0.4) is 0 Å². The number of anilines is 3. The van der Waals surface area contributed by atoms with Crippen molar-refractivity contribution in [2.45, 2.75) is 52.2 Å². The van der Waals surface area contributed by atoms with E-state index in [-0.39, 0.29) is 6.09 Å². The molecule has 42 heavy (non-hydrogen) atoms. The van der Waals surface area contributed by atoms with E-state index in [1.807, 2.05) is 45.2 Å². The fourth-order valence-electron chi connectivity index (χ4n) is 5.46. The molecule has 11 heteroatoms. The number of fused-ring (bicyclic) bond motifs is 1. The highest BCUT2D eigenvalue weighted by atomic mass is 16.6. The molecule has 0 spiro atoms. The molecule has 2 aliphatic heterocycles. The summed E-state index contributed by atoms with van der Waals surface area (Å²) >= 11 is 0. The topological polar surface area (TPSA) is 115 Å². The van der Waals surface area contributed by atoms with E-state index in [4.69, 9.17) is 9.72 Å². The van der Waals surface area contributed by atoms with E-state index in [1.165, 1.54) is 19.3 Å². The minimum absolute atomic E-state index is 0.241. The molecule has 0 atom stereocenters. The first-order valence-electron chi connectivity index (χ1n) is 14.8. The summed E-state index contributed by atoms with van der Waals surface area (Å²) in [5.74, 6) is 2.35. The number of aromatic nitrogens is 5. The Morgan fingerprint density at radius 3 is 2.55 bits per heavy atom. The number of benzene rings is 1. The van der Waals surface area contributed by atoms with Gasteiger partial charge in [0.15, 0.2) is 0 Å². The second kappa shape index (κ2) is 11.9. The van der Waals surface area contributed by atoms with Crippen molar-refractivity contribution >= 4 is 34.7 Å². The molecule has 0 aliphatic carbocycles. The number of hydrogen-bond donors (Lipinski definition) is 2. The van der Waals surface area contributed by atoms with E-state index in [0.29, 0.717) is 19.0 Å². The Morgan fingerprint density at radius 1 is 0.952 bits per heavy atom. The van der Waals surface area contributed by atoms with Gasteiger partial charge in [-0.25, -0.2) is 24.7 Å². The molecule has 6 rings (SSSR count). The molecule has 2 aliphatic rings. The van der Waals surface area contributed by atoms with E-state index < -0.39 is 5.60 Å². The lowest BCUT2D eigenvalue weighted by molar-refractivity contribution is 0.0139. The molecule has 2 N–H and O–H groups in total. The Balaban J connectivity index is 1.09. The smallest absolute Gasteiger partial charge is 0.410 e. The number of carbonyl (C=O) groups excluding carboxylic acids is 1. The van der Waals surface area contributed by atoms with Crippen LogP contribution in [-0.4, -0.2) is 85.7 Å². The second-order valence-corrected chi connectivity index (χ2v) is 12.0.